The Bertz CT molecular complexity index is 602. The Morgan fingerprint density at radius 1 is 1.10 bits per heavy atom. The third-order valence-corrected chi connectivity index (χ3v) is 4.89. The van der Waals surface area contributed by atoms with Gasteiger partial charge in [-0.3, -0.25) is 0 Å². The zero-order valence-electron chi connectivity index (χ0n) is 12.0. The molecule has 0 spiro atoms. The first-order chi connectivity index (χ1) is 10.3. The first-order valence-corrected chi connectivity index (χ1v) is 8.38. The number of nitrogens with two attached hydrogens (primary N) is 1. The van der Waals surface area contributed by atoms with Crippen LogP contribution in [-0.2, 0) is 0 Å². The van der Waals surface area contributed by atoms with Crippen molar-refractivity contribution in [2.45, 2.75) is 51.0 Å². The highest BCUT2D eigenvalue weighted by Crippen LogP contribution is 2.31. The summed E-state index contributed by atoms with van der Waals surface area (Å²) >= 11 is 3.42. The van der Waals surface area contributed by atoms with Crippen molar-refractivity contribution in [2.75, 3.05) is 5.73 Å². The van der Waals surface area contributed by atoms with Crippen molar-refractivity contribution in [3.05, 3.63) is 22.7 Å². The van der Waals surface area contributed by atoms with Gasteiger partial charge in [-0.2, -0.15) is 0 Å². The molecule has 5 nitrogen and oxygen atoms in total. The molecule has 0 radical (unpaired) electrons. The summed E-state index contributed by atoms with van der Waals surface area (Å²) < 4.78 is 2.89. The standard InChI is InChI=1S/C15H20BrN5/c16-13-9-8-11(10-14(13)17)15-18-19-20-21(15)12-6-4-2-1-3-5-7-12/h8-10,12H,1-7,17H2. The van der Waals surface area contributed by atoms with Crippen LogP contribution in [0, 0.1) is 0 Å². The summed E-state index contributed by atoms with van der Waals surface area (Å²) in [7, 11) is 0. The summed E-state index contributed by atoms with van der Waals surface area (Å²) in [6, 6.07) is 6.28. The number of hydrogen-bond donors (Lipinski definition) is 1. The first-order valence-electron chi connectivity index (χ1n) is 7.59. The van der Waals surface area contributed by atoms with E-state index in [9.17, 15) is 0 Å². The molecule has 1 saturated carbocycles. The zero-order chi connectivity index (χ0) is 14.7. The van der Waals surface area contributed by atoms with Gasteiger partial charge in [0.25, 0.3) is 0 Å². The molecular formula is C15H20BrN5. The highest BCUT2D eigenvalue weighted by molar-refractivity contribution is 9.10. The van der Waals surface area contributed by atoms with Gasteiger partial charge < -0.3 is 5.73 Å². The normalized spacial score (nSPS) is 17.4. The third-order valence-electron chi connectivity index (χ3n) is 4.17. The SMILES string of the molecule is Nc1cc(-c2nnnn2C2CCCCCCC2)ccc1Br. The van der Waals surface area contributed by atoms with Gasteiger partial charge in [-0.25, -0.2) is 4.68 Å². The summed E-state index contributed by atoms with van der Waals surface area (Å²) in [6.07, 6.45) is 8.82. The minimum atomic E-state index is 0.403. The van der Waals surface area contributed by atoms with Crippen LogP contribution in [0.2, 0.25) is 0 Å². The lowest BCUT2D eigenvalue weighted by Gasteiger charge is -2.20. The van der Waals surface area contributed by atoms with Gasteiger partial charge in [0.1, 0.15) is 0 Å². The van der Waals surface area contributed by atoms with E-state index in [1.807, 2.05) is 22.9 Å². The molecule has 2 N–H and O–H groups in total. The van der Waals surface area contributed by atoms with E-state index in [0.29, 0.717) is 11.7 Å². The number of anilines is 1. The van der Waals surface area contributed by atoms with Crippen LogP contribution in [0.4, 0.5) is 5.69 Å². The van der Waals surface area contributed by atoms with Crippen molar-refractivity contribution >= 4 is 21.6 Å². The largest absolute Gasteiger partial charge is 0.398 e. The maximum absolute atomic E-state index is 5.98. The number of tetrazole rings is 1. The number of hydrogen-bond acceptors (Lipinski definition) is 4. The second kappa shape index (κ2) is 6.56. The Hall–Kier alpha value is -1.43. The fourth-order valence-corrected chi connectivity index (χ4v) is 3.24. The molecule has 6 heteroatoms. The molecule has 1 aromatic heterocycles. The highest BCUT2D eigenvalue weighted by Gasteiger charge is 2.19. The number of nitrogen functional groups attached to an aromatic ring is 1. The van der Waals surface area contributed by atoms with Crippen LogP contribution in [0.3, 0.4) is 0 Å². The average Bonchev–Trinajstić information content (AvgIpc) is 2.91. The number of nitrogens with zero attached hydrogens (tertiary/aromatic N) is 4. The van der Waals surface area contributed by atoms with E-state index in [0.717, 1.165) is 28.7 Å². The molecule has 1 fully saturated rings. The van der Waals surface area contributed by atoms with E-state index in [4.69, 9.17) is 5.73 Å². The topological polar surface area (TPSA) is 69.6 Å². The van der Waals surface area contributed by atoms with Gasteiger partial charge in [-0.1, -0.05) is 32.1 Å². The van der Waals surface area contributed by atoms with E-state index in [-0.39, 0.29) is 0 Å². The second-order valence-corrected chi connectivity index (χ2v) is 6.54. The zero-order valence-corrected chi connectivity index (χ0v) is 13.6. The molecule has 0 bridgehead atoms. The van der Waals surface area contributed by atoms with Crippen LogP contribution in [0.25, 0.3) is 11.4 Å². The van der Waals surface area contributed by atoms with Crippen molar-refractivity contribution in [2.24, 2.45) is 0 Å². The van der Waals surface area contributed by atoms with Crippen LogP contribution in [0.1, 0.15) is 51.0 Å². The molecule has 0 unspecified atom stereocenters. The third kappa shape index (κ3) is 3.26. The Morgan fingerprint density at radius 2 is 1.81 bits per heavy atom. The fraction of sp³-hybridized carbons (Fsp3) is 0.533. The van der Waals surface area contributed by atoms with Crippen LogP contribution in [0.15, 0.2) is 22.7 Å². The Balaban J connectivity index is 1.90. The maximum Gasteiger partial charge on any atom is 0.182 e. The summed E-state index contributed by atoms with van der Waals surface area (Å²) in [6.45, 7) is 0. The molecule has 0 atom stereocenters. The molecule has 1 aliphatic carbocycles. The first kappa shape index (κ1) is 14.5. The summed E-state index contributed by atoms with van der Waals surface area (Å²) in [4.78, 5) is 0. The van der Waals surface area contributed by atoms with Gasteiger partial charge >= 0.3 is 0 Å². The highest BCUT2D eigenvalue weighted by atomic mass is 79.9. The molecule has 2 aromatic rings. The number of benzene rings is 1. The van der Waals surface area contributed by atoms with Gasteiger partial charge in [-0.05, 0) is 57.4 Å². The summed E-state index contributed by atoms with van der Waals surface area (Å²) in [5, 5.41) is 12.4. The molecule has 21 heavy (non-hydrogen) atoms. The Kier molecular flexibility index (Phi) is 4.53. The lowest BCUT2D eigenvalue weighted by atomic mass is 9.96. The van der Waals surface area contributed by atoms with E-state index in [2.05, 4.69) is 31.5 Å². The minimum absolute atomic E-state index is 0.403. The van der Waals surface area contributed by atoms with E-state index < -0.39 is 0 Å². The Morgan fingerprint density at radius 3 is 2.52 bits per heavy atom. The summed E-state index contributed by atoms with van der Waals surface area (Å²) in [5.41, 5.74) is 7.66. The monoisotopic (exact) mass is 349 g/mol. The predicted molar refractivity (Wildman–Crippen MR) is 86.7 cm³/mol. The average molecular weight is 350 g/mol. The quantitative estimate of drug-likeness (QED) is 0.832. The van der Waals surface area contributed by atoms with E-state index in [1.54, 1.807) is 0 Å². The number of halogens is 1. The van der Waals surface area contributed by atoms with Crippen molar-refractivity contribution < 1.29 is 0 Å². The van der Waals surface area contributed by atoms with Crippen molar-refractivity contribution in [3.8, 4) is 11.4 Å². The smallest absolute Gasteiger partial charge is 0.182 e. The van der Waals surface area contributed by atoms with Crippen molar-refractivity contribution in [1.29, 1.82) is 0 Å². The molecular weight excluding hydrogens is 330 g/mol. The fourth-order valence-electron chi connectivity index (χ4n) is 2.99. The lowest BCUT2D eigenvalue weighted by Crippen LogP contribution is -2.14. The van der Waals surface area contributed by atoms with Gasteiger partial charge in [0.2, 0.25) is 0 Å². The van der Waals surface area contributed by atoms with Gasteiger partial charge in [0.05, 0.1) is 6.04 Å². The Labute approximate surface area is 133 Å². The minimum Gasteiger partial charge on any atom is -0.398 e. The van der Waals surface area contributed by atoms with Crippen LogP contribution in [-0.4, -0.2) is 20.2 Å². The summed E-state index contributed by atoms with van der Waals surface area (Å²) in [5.74, 6) is 0.819. The van der Waals surface area contributed by atoms with Crippen LogP contribution >= 0.6 is 15.9 Å². The van der Waals surface area contributed by atoms with Crippen molar-refractivity contribution in [3.63, 3.8) is 0 Å². The number of rotatable bonds is 2. The van der Waals surface area contributed by atoms with Crippen molar-refractivity contribution in [1.82, 2.24) is 20.2 Å². The lowest BCUT2D eigenvalue weighted by molar-refractivity contribution is 0.345. The van der Waals surface area contributed by atoms with E-state index in [1.165, 1.54) is 32.1 Å². The number of aromatic nitrogens is 4. The maximum atomic E-state index is 5.98. The molecule has 0 aliphatic heterocycles. The molecule has 1 aromatic carbocycles. The van der Waals surface area contributed by atoms with E-state index >= 15 is 0 Å². The molecule has 112 valence electrons. The van der Waals surface area contributed by atoms with Gasteiger partial charge in [0, 0.05) is 15.7 Å². The second-order valence-electron chi connectivity index (χ2n) is 5.68. The molecule has 3 rings (SSSR count). The van der Waals surface area contributed by atoms with Gasteiger partial charge in [-0.15, -0.1) is 5.10 Å². The van der Waals surface area contributed by atoms with Crippen LogP contribution < -0.4 is 5.73 Å². The molecule has 1 heterocycles. The molecule has 0 saturated heterocycles. The van der Waals surface area contributed by atoms with Crippen LogP contribution in [0.5, 0.6) is 0 Å². The van der Waals surface area contributed by atoms with Gasteiger partial charge in [0.15, 0.2) is 5.82 Å². The molecule has 1 aliphatic rings. The molecule has 0 amide bonds. The predicted octanol–water partition coefficient (Wildman–Crippen LogP) is 3.97.